The van der Waals surface area contributed by atoms with Crippen LogP contribution in [0.5, 0.6) is 0 Å². The van der Waals surface area contributed by atoms with Crippen molar-refractivity contribution >= 4 is 44.9 Å². The van der Waals surface area contributed by atoms with Crippen molar-refractivity contribution in [2.45, 2.75) is 25.2 Å². The van der Waals surface area contributed by atoms with Gasteiger partial charge in [-0.2, -0.15) is 0 Å². The molecule has 2 unspecified atom stereocenters. The zero-order valence-electron chi connectivity index (χ0n) is 29.0. The molecule has 0 N–H and O–H groups in total. The summed E-state index contributed by atoms with van der Waals surface area (Å²) in [6, 6.07) is 61.7. The van der Waals surface area contributed by atoms with Gasteiger partial charge in [0, 0.05) is 39.9 Å². The molecule has 7 aromatic carbocycles. The first-order valence-corrected chi connectivity index (χ1v) is 17.9. The summed E-state index contributed by atoms with van der Waals surface area (Å²) in [4.78, 5) is 4.83. The maximum Gasteiger partial charge on any atom is 0.0546 e. The highest BCUT2D eigenvalue weighted by atomic mass is 15.2. The smallest absolute Gasteiger partial charge is 0.0546 e. The lowest BCUT2D eigenvalue weighted by atomic mass is 9.74. The molecule has 2 nitrogen and oxygen atoms in total. The summed E-state index contributed by atoms with van der Waals surface area (Å²) in [7, 11) is 0. The van der Waals surface area contributed by atoms with Crippen LogP contribution in [0, 0.1) is 5.92 Å². The van der Waals surface area contributed by atoms with Gasteiger partial charge in [-0.15, -0.1) is 0 Å². The van der Waals surface area contributed by atoms with Gasteiger partial charge in [0.1, 0.15) is 0 Å². The van der Waals surface area contributed by atoms with E-state index in [9.17, 15) is 0 Å². The van der Waals surface area contributed by atoms with E-state index in [0.29, 0.717) is 11.8 Å². The Hall–Kier alpha value is -6.12. The molecule has 0 aliphatic heterocycles. The molecule has 0 heterocycles. The number of hydrogen-bond acceptors (Lipinski definition) is 2. The van der Waals surface area contributed by atoms with Gasteiger partial charge in [0.2, 0.25) is 0 Å². The summed E-state index contributed by atoms with van der Waals surface area (Å²) in [5, 5.41) is 2.46. The summed E-state index contributed by atoms with van der Waals surface area (Å²) in [5.41, 5.74) is 12.0. The maximum atomic E-state index is 2.48. The fourth-order valence-corrected chi connectivity index (χ4v) is 8.46. The van der Waals surface area contributed by atoms with Crippen molar-refractivity contribution in [3.63, 3.8) is 0 Å². The molecule has 9 rings (SSSR count). The summed E-state index contributed by atoms with van der Waals surface area (Å²) in [6.07, 6.45) is 9.23. The average Bonchev–Trinajstić information content (AvgIpc) is 3.42. The predicted octanol–water partition coefficient (Wildman–Crippen LogP) is 13.6. The molecular weight excluding hydrogens is 617 g/mol. The molecule has 0 saturated carbocycles. The van der Waals surface area contributed by atoms with Gasteiger partial charge < -0.3 is 9.80 Å². The normalized spacial score (nSPS) is 16.8. The SMILES string of the molecule is CC1(C)c2cc(N(c3cccc(N(c4ccccc4)c4ccccc4)c3)c3ccc4ccccc4c3-c3ccccc3)ccc2C2C=CC=CC21. The third-order valence-corrected chi connectivity index (χ3v) is 10.9. The molecule has 2 aliphatic carbocycles. The minimum Gasteiger partial charge on any atom is -0.310 e. The number of anilines is 6. The van der Waals surface area contributed by atoms with Crippen molar-refractivity contribution in [2.24, 2.45) is 5.92 Å². The lowest BCUT2D eigenvalue weighted by molar-refractivity contribution is 0.394. The number of fused-ring (bicyclic) bond motifs is 4. The van der Waals surface area contributed by atoms with Crippen LogP contribution >= 0.6 is 0 Å². The molecule has 0 bridgehead atoms. The van der Waals surface area contributed by atoms with Crippen LogP contribution in [0.15, 0.2) is 194 Å². The monoisotopic (exact) mass is 656 g/mol. The molecule has 2 heteroatoms. The second-order valence-electron chi connectivity index (χ2n) is 14.2. The van der Waals surface area contributed by atoms with Gasteiger partial charge in [0.15, 0.2) is 0 Å². The van der Waals surface area contributed by atoms with Crippen LogP contribution in [0.2, 0.25) is 0 Å². The quantitative estimate of drug-likeness (QED) is 0.168. The van der Waals surface area contributed by atoms with E-state index >= 15 is 0 Å². The molecule has 0 fully saturated rings. The summed E-state index contributed by atoms with van der Waals surface area (Å²) in [6.45, 7) is 4.83. The number of hydrogen-bond donors (Lipinski definition) is 0. The first-order chi connectivity index (χ1) is 25.1. The standard InChI is InChI=1S/C49H40N2/c1-49(2)45-28-15-14-27-43(45)44-31-30-41(34-46(44)49)51(47-32-29-35-17-12-13-26-42(35)48(47)36-18-6-3-7-19-36)40-25-16-24-39(33-40)50(37-20-8-4-9-21-37)38-22-10-5-11-23-38/h3-34,43,45H,1-2H3. The molecular formula is C49H40N2. The Morgan fingerprint density at radius 1 is 0.471 bits per heavy atom. The largest absolute Gasteiger partial charge is 0.310 e. The van der Waals surface area contributed by atoms with Crippen LogP contribution in [-0.4, -0.2) is 0 Å². The minimum atomic E-state index is -0.00610. The van der Waals surface area contributed by atoms with Crippen LogP contribution < -0.4 is 9.80 Å². The van der Waals surface area contributed by atoms with E-state index in [1.165, 1.54) is 33.0 Å². The van der Waals surface area contributed by atoms with Crippen molar-refractivity contribution in [3.8, 4) is 11.1 Å². The van der Waals surface area contributed by atoms with Crippen LogP contribution in [-0.2, 0) is 5.41 Å². The Morgan fingerprint density at radius 3 is 1.78 bits per heavy atom. The van der Waals surface area contributed by atoms with Gasteiger partial charge in [0.05, 0.1) is 5.69 Å². The molecule has 246 valence electrons. The number of nitrogens with zero attached hydrogens (tertiary/aromatic N) is 2. The number of para-hydroxylation sites is 2. The van der Waals surface area contributed by atoms with Crippen molar-refractivity contribution in [2.75, 3.05) is 9.80 Å². The lowest BCUT2D eigenvalue weighted by Crippen LogP contribution is -2.24. The van der Waals surface area contributed by atoms with Crippen molar-refractivity contribution in [1.29, 1.82) is 0 Å². The lowest BCUT2D eigenvalue weighted by Gasteiger charge is -2.32. The molecule has 0 spiro atoms. The fourth-order valence-electron chi connectivity index (χ4n) is 8.46. The van der Waals surface area contributed by atoms with Crippen LogP contribution in [0.3, 0.4) is 0 Å². The summed E-state index contributed by atoms with van der Waals surface area (Å²) >= 11 is 0. The second-order valence-corrected chi connectivity index (χ2v) is 14.2. The predicted molar refractivity (Wildman–Crippen MR) is 216 cm³/mol. The van der Waals surface area contributed by atoms with Gasteiger partial charge in [-0.05, 0) is 99.5 Å². The van der Waals surface area contributed by atoms with Crippen molar-refractivity contribution in [3.05, 3.63) is 205 Å². The molecule has 51 heavy (non-hydrogen) atoms. The first-order valence-electron chi connectivity index (χ1n) is 17.9. The molecule has 0 amide bonds. The number of allylic oxidation sites excluding steroid dienone is 4. The van der Waals surface area contributed by atoms with Crippen molar-refractivity contribution < 1.29 is 0 Å². The van der Waals surface area contributed by atoms with E-state index in [4.69, 9.17) is 0 Å². The maximum absolute atomic E-state index is 2.48. The van der Waals surface area contributed by atoms with E-state index in [0.717, 1.165) is 34.1 Å². The zero-order valence-corrected chi connectivity index (χ0v) is 29.0. The van der Waals surface area contributed by atoms with Crippen molar-refractivity contribution in [1.82, 2.24) is 0 Å². The Kier molecular flexibility index (Phi) is 7.66. The van der Waals surface area contributed by atoms with E-state index in [1.54, 1.807) is 0 Å². The molecule has 0 radical (unpaired) electrons. The van der Waals surface area contributed by atoms with Gasteiger partial charge in [-0.25, -0.2) is 0 Å². The van der Waals surface area contributed by atoms with Gasteiger partial charge in [-0.1, -0.05) is 147 Å². The number of rotatable bonds is 7. The fraction of sp³-hybridized carbons (Fsp3) is 0.102. The molecule has 0 aromatic heterocycles. The summed E-state index contributed by atoms with van der Waals surface area (Å²) < 4.78 is 0. The third-order valence-electron chi connectivity index (χ3n) is 10.9. The highest BCUT2D eigenvalue weighted by molar-refractivity contribution is 6.05. The van der Waals surface area contributed by atoms with E-state index in [-0.39, 0.29) is 5.41 Å². The Labute approximate surface area is 301 Å². The zero-order chi connectivity index (χ0) is 34.4. The van der Waals surface area contributed by atoms with Crippen LogP contribution in [0.25, 0.3) is 21.9 Å². The Bertz CT molecular complexity index is 2370. The Morgan fingerprint density at radius 2 is 1.06 bits per heavy atom. The van der Waals surface area contributed by atoms with Crippen LogP contribution in [0.1, 0.15) is 30.9 Å². The average molecular weight is 657 g/mol. The molecule has 7 aromatic rings. The van der Waals surface area contributed by atoms with Crippen LogP contribution in [0.4, 0.5) is 34.1 Å². The second kappa shape index (κ2) is 12.6. The minimum absolute atomic E-state index is 0.00610. The topological polar surface area (TPSA) is 6.48 Å². The van der Waals surface area contributed by atoms with Gasteiger partial charge in [0.25, 0.3) is 0 Å². The number of benzene rings is 7. The van der Waals surface area contributed by atoms with Gasteiger partial charge >= 0.3 is 0 Å². The molecule has 2 atom stereocenters. The Balaban J connectivity index is 1.30. The molecule has 0 saturated heterocycles. The van der Waals surface area contributed by atoms with E-state index < -0.39 is 0 Å². The molecule has 2 aliphatic rings. The highest BCUT2D eigenvalue weighted by Crippen LogP contribution is 2.55. The summed E-state index contributed by atoms with van der Waals surface area (Å²) in [5.74, 6) is 0.840. The van der Waals surface area contributed by atoms with E-state index in [2.05, 4.69) is 218 Å². The third kappa shape index (κ3) is 5.36. The first kappa shape index (κ1) is 30.9. The van der Waals surface area contributed by atoms with Gasteiger partial charge in [-0.3, -0.25) is 0 Å². The highest BCUT2D eigenvalue weighted by Gasteiger charge is 2.44. The van der Waals surface area contributed by atoms with E-state index in [1.807, 2.05) is 0 Å².